The van der Waals surface area contributed by atoms with Gasteiger partial charge in [-0.05, 0) is 50.8 Å². The summed E-state index contributed by atoms with van der Waals surface area (Å²) in [5, 5.41) is 7.70. The number of thiophene rings is 1. The summed E-state index contributed by atoms with van der Waals surface area (Å²) in [6.07, 6.45) is 1.69. The number of hydrogen-bond donors (Lipinski definition) is 1. The van der Waals surface area contributed by atoms with Crippen LogP contribution in [0.5, 0.6) is 0 Å². The Labute approximate surface area is 101 Å². The van der Waals surface area contributed by atoms with E-state index >= 15 is 0 Å². The van der Waals surface area contributed by atoms with E-state index in [1.807, 2.05) is 6.07 Å². The van der Waals surface area contributed by atoms with Crippen molar-refractivity contribution >= 4 is 27.3 Å². The molecule has 0 bridgehead atoms. The number of furan rings is 1. The van der Waals surface area contributed by atoms with E-state index in [0.717, 1.165) is 23.3 Å². The maximum absolute atomic E-state index is 5.31. The number of hydrogen-bond acceptors (Lipinski definition) is 3. The zero-order valence-electron chi connectivity index (χ0n) is 8.42. The Morgan fingerprint density at radius 2 is 2.27 bits per heavy atom. The summed E-state index contributed by atoms with van der Waals surface area (Å²) in [6.45, 7) is 3.78. The summed E-state index contributed by atoms with van der Waals surface area (Å²) in [6, 6.07) is 1.91. The highest BCUT2D eigenvalue weighted by Crippen LogP contribution is 2.18. The Morgan fingerprint density at radius 1 is 1.40 bits per heavy atom. The third kappa shape index (κ3) is 2.71. The molecule has 2 rings (SSSR count). The predicted octanol–water partition coefficient (Wildman–Crippen LogP) is 3.70. The Balaban J connectivity index is 1.86. The average Bonchev–Trinajstić information content (AvgIpc) is 2.78. The summed E-state index contributed by atoms with van der Waals surface area (Å²) < 4.78 is 6.33. The molecule has 0 aliphatic carbocycles. The molecule has 2 aromatic heterocycles. The van der Waals surface area contributed by atoms with Gasteiger partial charge in [0.05, 0.1) is 17.3 Å². The normalized spacial score (nSPS) is 10.8. The first-order valence-corrected chi connectivity index (χ1v) is 6.45. The SMILES string of the molecule is Cc1cscc1CNCc1occc1Br. The maximum atomic E-state index is 5.31. The first-order valence-electron chi connectivity index (χ1n) is 4.71. The molecular weight excluding hydrogens is 274 g/mol. The van der Waals surface area contributed by atoms with Gasteiger partial charge in [0, 0.05) is 6.54 Å². The van der Waals surface area contributed by atoms with Crippen molar-refractivity contribution in [3.8, 4) is 0 Å². The van der Waals surface area contributed by atoms with Crippen LogP contribution in [0.1, 0.15) is 16.9 Å². The average molecular weight is 286 g/mol. The van der Waals surface area contributed by atoms with E-state index in [2.05, 4.69) is 38.9 Å². The molecule has 0 radical (unpaired) electrons. The monoisotopic (exact) mass is 285 g/mol. The van der Waals surface area contributed by atoms with E-state index < -0.39 is 0 Å². The molecule has 1 N–H and O–H groups in total. The van der Waals surface area contributed by atoms with Gasteiger partial charge in [-0.25, -0.2) is 0 Å². The second-order valence-electron chi connectivity index (χ2n) is 3.38. The van der Waals surface area contributed by atoms with Crippen molar-refractivity contribution in [1.82, 2.24) is 5.32 Å². The molecule has 0 amide bonds. The van der Waals surface area contributed by atoms with Gasteiger partial charge in [-0.3, -0.25) is 0 Å². The molecule has 0 aliphatic heterocycles. The lowest BCUT2D eigenvalue weighted by molar-refractivity contribution is 0.480. The first-order chi connectivity index (χ1) is 7.27. The summed E-state index contributed by atoms with van der Waals surface area (Å²) in [5.41, 5.74) is 2.72. The maximum Gasteiger partial charge on any atom is 0.131 e. The first kappa shape index (κ1) is 10.9. The largest absolute Gasteiger partial charge is 0.467 e. The summed E-state index contributed by atoms with van der Waals surface area (Å²) in [7, 11) is 0. The van der Waals surface area contributed by atoms with Crippen molar-refractivity contribution in [2.75, 3.05) is 0 Å². The van der Waals surface area contributed by atoms with Crippen molar-refractivity contribution in [2.45, 2.75) is 20.0 Å². The Morgan fingerprint density at radius 3 is 2.87 bits per heavy atom. The fourth-order valence-corrected chi connectivity index (χ4v) is 2.53. The van der Waals surface area contributed by atoms with Gasteiger partial charge in [-0.15, -0.1) is 0 Å². The van der Waals surface area contributed by atoms with Gasteiger partial charge < -0.3 is 9.73 Å². The molecule has 0 spiro atoms. The summed E-state index contributed by atoms with van der Waals surface area (Å²) in [5.74, 6) is 0.947. The van der Waals surface area contributed by atoms with Gasteiger partial charge in [-0.2, -0.15) is 11.3 Å². The van der Waals surface area contributed by atoms with Gasteiger partial charge >= 0.3 is 0 Å². The molecular formula is C11H12BrNOS. The molecule has 0 aromatic carbocycles. The minimum Gasteiger partial charge on any atom is -0.467 e. The Kier molecular flexibility index (Phi) is 3.61. The molecule has 0 saturated heterocycles. The van der Waals surface area contributed by atoms with Gasteiger partial charge in [0.15, 0.2) is 0 Å². The number of rotatable bonds is 4. The summed E-state index contributed by atoms with van der Waals surface area (Å²) >= 11 is 5.17. The molecule has 0 atom stereocenters. The molecule has 15 heavy (non-hydrogen) atoms. The van der Waals surface area contributed by atoms with E-state index in [1.165, 1.54) is 11.1 Å². The van der Waals surface area contributed by atoms with Crippen LogP contribution in [-0.2, 0) is 13.1 Å². The lowest BCUT2D eigenvalue weighted by atomic mass is 10.2. The topological polar surface area (TPSA) is 25.2 Å². The van der Waals surface area contributed by atoms with E-state index in [4.69, 9.17) is 4.42 Å². The van der Waals surface area contributed by atoms with E-state index in [9.17, 15) is 0 Å². The highest BCUT2D eigenvalue weighted by Gasteiger charge is 2.03. The van der Waals surface area contributed by atoms with Crippen LogP contribution in [0.2, 0.25) is 0 Å². The third-order valence-corrected chi connectivity index (χ3v) is 3.87. The van der Waals surface area contributed by atoms with Crippen LogP contribution in [0, 0.1) is 6.92 Å². The lowest BCUT2D eigenvalue weighted by Gasteiger charge is -2.02. The van der Waals surface area contributed by atoms with Crippen LogP contribution >= 0.6 is 27.3 Å². The molecule has 0 fully saturated rings. The van der Waals surface area contributed by atoms with Crippen LogP contribution in [-0.4, -0.2) is 0 Å². The highest BCUT2D eigenvalue weighted by atomic mass is 79.9. The third-order valence-electron chi connectivity index (χ3n) is 2.25. The zero-order chi connectivity index (χ0) is 10.7. The smallest absolute Gasteiger partial charge is 0.131 e. The van der Waals surface area contributed by atoms with E-state index in [1.54, 1.807) is 17.6 Å². The van der Waals surface area contributed by atoms with Crippen molar-refractivity contribution in [3.05, 3.63) is 44.4 Å². The fourth-order valence-electron chi connectivity index (χ4n) is 1.33. The number of aryl methyl sites for hydroxylation is 1. The summed E-state index contributed by atoms with van der Waals surface area (Å²) in [4.78, 5) is 0. The molecule has 0 unspecified atom stereocenters. The van der Waals surface area contributed by atoms with E-state index in [-0.39, 0.29) is 0 Å². The van der Waals surface area contributed by atoms with Crippen LogP contribution in [0.25, 0.3) is 0 Å². The highest BCUT2D eigenvalue weighted by molar-refractivity contribution is 9.10. The fraction of sp³-hybridized carbons (Fsp3) is 0.273. The van der Waals surface area contributed by atoms with Crippen LogP contribution < -0.4 is 5.32 Å². The second-order valence-corrected chi connectivity index (χ2v) is 4.97. The number of halogens is 1. The molecule has 80 valence electrons. The van der Waals surface area contributed by atoms with Crippen LogP contribution in [0.15, 0.2) is 32.0 Å². The second kappa shape index (κ2) is 4.96. The van der Waals surface area contributed by atoms with E-state index in [0.29, 0.717) is 0 Å². The molecule has 2 aromatic rings. The predicted molar refractivity (Wildman–Crippen MR) is 66.0 cm³/mol. The Bertz CT molecular complexity index is 395. The standard InChI is InChI=1S/C11H12BrNOS/c1-8-6-15-7-9(8)4-13-5-11-10(12)2-3-14-11/h2-3,6-7,13H,4-5H2,1H3. The van der Waals surface area contributed by atoms with Crippen LogP contribution in [0.3, 0.4) is 0 Å². The van der Waals surface area contributed by atoms with Gasteiger partial charge in [0.2, 0.25) is 0 Å². The molecule has 2 nitrogen and oxygen atoms in total. The number of nitrogens with one attached hydrogen (secondary N) is 1. The van der Waals surface area contributed by atoms with Crippen molar-refractivity contribution in [3.63, 3.8) is 0 Å². The van der Waals surface area contributed by atoms with Gasteiger partial charge in [0.1, 0.15) is 5.76 Å². The van der Waals surface area contributed by atoms with Crippen molar-refractivity contribution in [2.24, 2.45) is 0 Å². The van der Waals surface area contributed by atoms with Gasteiger partial charge in [-0.1, -0.05) is 0 Å². The minimum atomic E-state index is 0.753. The molecule has 0 aliphatic rings. The van der Waals surface area contributed by atoms with Crippen molar-refractivity contribution < 1.29 is 4.42 Å². The quantitative estimate of drug-likeness (QED) is 0.927. The molecule has 0 saturated carbocycles. The van der Waals surface area contributed by atoms with Crippen LogP contribution in [0.4, 0.5) is 0 Å². The molecule has 4 heteroatoms. The van der Waals surface area contributed by atoms with Crippen molar-refractivity contribution in [1.29, 1.82) is 0 Å². The Hall–Kier alpha value is -0.580. The lowest BCUT2D eigenvalue weighted by Crippen LogP contribution is -2.12. The zero-order valence-corrected chi connectivity index (χ0v) is 10.8. The minimum absolute atomic E-state index is 0.753. The van der Waals surface area contributed by atoms with Gasteiger partial charge in [0.25, 0.3) is 0 Å². The molecule has 2 heterocycles.